The summed E-state index contributed by atoms with van der Waals surface area (Å²) in [6, 6.07) is 10.5. The number of carbonyl (C=O) groups excluding carboxylic acids is 2. The molecular formula is C19H15ClFNO4. The molecular weight excluding hydrogens is 361 g/mol. The largest absolute Gasteiger partial charge is 0.507 e. The fraction of sp³-hybridized carbons (Fsp3) is 0.158. The highest BCUT2D eigenvalue weighted by Crippen LogP contribution is 2.39. The monoisotopic (exact) mass is 375 g/mol. The van der Waals surface area contributed by atoms with Gasteiger partial charge in [-0.05, 0) is 42.0 Å². The number of Topliss-reactive ketones (excluding diaryl/α,β-unsaturated/α-hetero) is 1. The molecule has 0 spiro atoms. The van der Waals surface area contributed by atoms with Crippen molar-refractivity contribution >= 4 is 29.1 Å². The Balaban J connectivity index is 2.17. The molecule has 1 aliphatic heterocycles. The average molecular weight is 376 g/mol. The topological polar surface area (TPSA) is 77.8 Å². The Morgan fingerprint density at radius 3 is 2.27 bits per heavy atom. The van der Waals surface area contributed by atoms with E-state index in [4.69, 9.17) is 11.6 Å². The third-order valence-electron chi connectivity index (χ3n) is 4.18. The molecule has 1 aliphatic rings. The fourth-order valence-electron chi connectivity index (χ4n) is 2.97. The van der Waals surface area contributed by atoms with Crippen LogP contribution in [0.5, 0.6) is 0 Å². The van der Waals surface area contributed by atoms with Gasteiger partial charge in [0, 0.05) is 17.1 Å². The molecule has 2 aromatic rings. The summed E-state index contributed by atoms with van der Waals surface area (Å²) in [7, 11) is 0. The fourth-order valence-corrected chi connectivity index (χ4v) is 3.10. The van der Waals surface area contributed by atoms with Gasteiger partial charge in [-0.2, -0.15) is 0 Å². The van der Waals surface area contributed by atoms with Crippen molar-refractivity contribution in [1.29, 1.82) is 0 Å². The van der Waals surface area contributed by atoms with Crippen LogP contribution in [0.4, 0.5) is 4.39 Å². The summed E-state index contributed by atoms with van der Waals surface area (Å²) in [5.41, 5.74) is 0.662. The molecule has 0 aromatic heterocycles. The quantitative estimate of drug-likeness (QED) is 0.489. The third-order valence-corrected chi connectivity index (χ3v) is 4.44. The Morgan fingerprint density at radius 2 is 1.69 bits per heavy atom. The summed E-state index contributed by atoms with van der Waals surface area (Å²) < 4.78 is 13.3. The van der Waals surface area contributed by atoms with Crippen LogP contribution in [-0.2, 0) is 9.59 Å². The van der Waals surface area contributed by atoms with Crippen molar-refractivity contribution in [3.63, 3.8) is 0 Å². The molecule has 2 N–H and O–H groups in total. The van der Waals surface area contributed by atoms with Gasteiger partial charge in [-0.25, -0.2) is 4.39 Å². The van der Waals surface area contributed by atoms with Crippen LogP contribution in [0.2, 0.25) is 5.02 Å². The van der Waals surface area contributed by atoms with Crippen molar-refractivity contribution in [3.05, 3.63) is 76.1 Å². The first kappa shape index (κ1) is 18.1. The van der Waals surface area contributed by atoms with Crippen molar-refractivity contribution < 1.29 is 24.2 Å². The summed E-state index contributed by atoms with van der Waals surface area (Å²) in [5, 5.41) is 20.4. The standard InChI is InChI=1S/C19H15ClFNO4/c20-13-5-1-12(2-6-13)17(24)15-16(11-3-7-14(21)8-4-11)22(9-10-23)19(26)18(15)25/h1-8,16,23-24H,9-10H2/b17-15+. The van der Waals surface area contributed by atoms with Crippen LogP contribution in [-0.4, -0.2) is 40.0 Å². The molecule has 0 radical (unpaired) electrons. The zero-order valence-electron chi connectivity index (χ0n) is 13.5. The Kier molecular flexibility index (Phi) is 5.06. The van der Waals surface area contributed by atoms with Crippen molar-refractivity contribution in [3.8, 4) is 0 Å². The maximum atomic E-state index is 13.3. The average Bonchev–Trinajstić information content (AvgIpc) is 2.88. The van der Waals surface area contributed by atoms with Crippen molar-refractivity contribution in [1.82, 2.24) is 4.90 Å². The number of benzene rings is 2. The molecule has 2 aromatic carbocycles. The molecule has 26 heavy (non-hydrogen) atoms. The number of likely N-dealkylation sites (tertiary alicyclic amines) is 1. The lowest BCUT2D eigenvalue weighted by molar-refractivity contribution is -0.140. The minimum Gasteiger partial charge on any atom is -0.507 e. The first-order chi connectivity index (χ1) is 12.4. The number of hydrogen-bond acceptors (Lipinski definition) is 4. The van der Waals surface area contributed by atoms with E-state index in [1.165, 1.54) is 36.4 Å². The van der Waals surface area contributed by atoms with Crippen LogP contribution in [0, 0.1) is 5.82 Å². The highest BCUT2D eigenvalue weighted by molar-refractivity contribution is 6.46. The van der Waals surface area contributed by atoms with Crippen molar-refractivity contribution in [2.24, 2.45) is 0 Å². The number of aliphatic hydroxyl groups excluding tert-OH is 2. The van der Waals surface area contributed by atoms with Gasteiger partial charge in [0.05, 0.1) is 18.2 Å². The third kappa shape index (κ3) is 3.21. The summed E-state index contributed by atoms with van der Waals surface area (Å²) in [5.74, 6) is -2.51. The lowest BCUT2D eigenvalue weighted by Crippen LogP contribution is -2.32. The minimum absolute atomic E-state index is 0.0932. The normalized spacial score (nSPS) is 19.2. The first-order valence-electron chi connectivity index (χ1n) is 7.84. The molecule has 0 saturated carbocycles. The molecule has 0 bridgehead atoms. The molecule has 5 nitrogen and oxygen atoms in total. The zero-order chi connectivity index (χ0) is 18.8. The summed E-state index contributed by atoms with van der Waals surface area (Å²) >= 11 is 5.84. The van der Waals surface area contributed by atoms with Crippen molar-refractivity contribution in [2.45, 2.75) is 6.04 Å². The van der Waals surface area contributed by atoms with E-state index in [0.717, 1.165) is 4.90 Å². The molecule has 0 aliphatic carbocycles. The van der Waals surface area contributed by atoms with Gasteiger partial charge in [0.15, 0.2) is 0 Å². The van der Waals surface area contributed by atoms with Crippen LogP contribution < -0.4 is 0 Å². The van der Waals surface area contributed by atoms with Crippen LogP contribution in [0.1, 0.15) is 17.2 Å². The lowest BCUT2D eigenvalue weighted by Gasteiger charge is -2.24. The van der Waals surface area contributed by atoms with Gasteiger partial charge in [0.25, 0.3) is 11.7 Å². The smallest absolute Gasteiger partial charge is 0.295 e. The minimum atomic E-state index is -0.918. The maximum Gasteiger partial charge on any atom is 0.295 e. The number of aliphatic hydroxyl groups is 2. The molecule has 1 fully saturated rings. The second kappa shape index (κ2) is 7.27. The van der Waals surface area contributed by atoms with E-state index in [1.54, 1.807) is 12.1 Å². The number of carbonyl (C=O) groups is 2. The summed E-state index contributed by atoms with van der Waals surface area (Å²) in [6.45, 7) is -0.449. The van der Waals surface area contributed by atoms with Gasteiger partial charge >= 0.3 is 0 Å². The maximum absolute atomic E-state index is 13.3. The molecule has 134 valence electrons. The Hall–Kier alpha value is -2.70. The first-order valence-corrected chi connectivity index (χ1v) is 8.22. The summed E-state index contributed by atoms with van der Waals surface area (Å²) in [6.07, 6.45) is 0. The van der Waals surface area contributed by atoms with E-state index in [9.17, 15) is 24.2 Å². The SMILES string of the molecule is O=C1C(=O)N(CCO)C(c2ccc(F)cc2)/C1=C(\O)c1ccc(Cl)cc1. The van der Waals surface area contributed by atoms with Crippen molar-refractivity contribution in [2.75, 3.05) is 13.2 Å². The van der Waals surface area contributed by atoms with Crippen LogP contribution in [0.3, 0.4) is 0 Å². The molecule has 7 heteroatoms. The zero-order valence-corrected chi connectivity index (χ0v) is 14.3. The number of halogens is 2. The Labute approximate surface area is 153 Å². The number of β-amino-alcohol motifs (C(OH)–C–C–N with tert-alkyl or cyclic N) is 1. The van der Waals surface area contributed by atoms with E-state index in [-0.39, 0.29) is 24.5 Å². The van der Waals surface area contributed by atoms with E-state index in [0.29, 0.717) is 16.1 Å². The van der Waals surface area contributed by atoms with E-state index < -0.39 is 23.5 Å². The highest BCUT2D eigenvalue weighted by atomic mass is 35.5. The van der Waals surface area contributed by atoms with Gasteiger partial charge in [0.1, 0.15) is 11.6 Å². The molecule has 1 amide bonds. The van der Waals surface area contributed by atoms with E-state index >= 15 is 0 Å². The van der Waals surface area contributed by atoms with Gasteiger partial charge in [-0.1, -0.05) is 23.7 Å². The number of ketones is 1. The Bertz CT molecular complexity index is 877. The highest BCUT2D eigenvalue weighted by Gasteiger charge is 2.45. The number of amides is 1. The van der Waals surface area contributed by atoms with Gasteiger partial charge in [0.2, 0.25) is 0 Å². The number of rotatable bonds is 4. The van der Waals surface area contributed by atoms with Crippen LogP contribution in [0.25, 0.3) is 5.76 Å². The molecule has 1 saturated heterocycles. The lowest BCUT2D eigenvalue weighted by atomic mass is 9.95. The summed E-state index contributed by atoms with van der Waals surface area (Å²) in [4.78, 5) is 26.1. The molecule has 3 rings (SSSR count). The second-order valence-corrected chi connectivity index (χ2v) is 6.21. The van der Waals surface area contributed by atoms with E-state index in [2.05, 4.69) is 0 Å². The number of nitrogens with zero attached hydrogens (tertiary/aromatic N) is 1. The van der Waals surface area contributed by atoms with Crippen LogP contribution >= 0.6 is 11.6 Å². The van der Waals surface area contributed by atoms with Gasteiger partial charge < -0.3 is 15.1 Å². The molecule has 1 heterocycles. The van der Waals surface area contributed by atoms with Gasteiger partial charge in [-0.15, -0.1) is 0 Å². The van der Waals surface area contributed by atoms with Crippen LogP contribution in [0.15, 0.2) is 54.1 Å². The molecule has 1 atom stereocenters. The number of hydrogen-bond donors (Lipinski definition) is 2. The van der Waals surface area contributed by atoms with E-state index in [1.807, 2.05) is 0 Å². The molecule has 1 unspecified atom stereocenters. The second-order valence-electron chi connectivity index (χ2n) is 5.77. The predicted molar refractivity (Wildman–Crippen MR) is 93.9 cm³/mol. The predicted octanol–water partition coefficient (Wildman–Crippen LogP) is 2.89. The van der Waals surface area contributed by atoms with Gasteiger partial charge in [-0.3, -0.25) is 9.59 Å². The Morgan fingerprint density at radius 1 is 1.08 bits per heavy atom.